The van der Waals surface area contributed by atoms with E-state index in [2.05, 4.69) is 31.2 Å². The van der Waals surface area contributed by atoms with E-state index in [0.29, 0.717) is 5.82 Å². The molecule has 0 aromatic carbocycles. The van der Waals surface area contributed by atoms with E-state index in [1.54, 1.807) is 28.4 Å². The molecule has 2 rings (SSSR count). The van der Waals surface area contributed by atoms with Gasteiger partial charge in [-0.05, 0) is 12.1 Å². The zero-order valence-electron chi connectivity index (χ0n) is 6.05. The smallest absolute Gasteiger partial charge is 0.180 e. The number of nitrogens with zero attached hydrogens (tertiary/aromatic N) is 4. The summed E-state index contributed by atoms with van der Waals surface area (Å²) >= 11 is 3.18. The van der Waals surface area contributed by atoms with Gasteiger partial charge in [0.15, 0.2) is 5.82 Å². The molecule has 0 spiro atoms. The lowest BCUT2D eigenvalue weighted by Crippen LogP contribution is -1.87. The molecule has 0 fully saturated rings. The molecule has 2 aromatic heterocycles. The largest absolute Gasteiger partial charge is 0.235 e. The van der Waals surface area contributed by atoms with Gasteiger partial charge in [-0.2, -0.15) is 5.10 Å². The van der Waals surface area contributed by atoms with Crippen molar-refractivity contribution in [2.24, 2.45) is 0 Å². The van der Waals surface area contributed by atoms with Crippen LogP contribution in [0.15, 0.2) is 30.7 Å². The minimum atomic E-state index is 0.635. The van der Waals surface area contributed by atoms with Crippen molar-refractivity contribution < 1.29 is 0 Å². The van der Waals surface area contributed by atoms with Gasteiger partial charge in [0.2, 0.25) is 0 Å². The molecule has 0 saturated heterocycles. The first-order chi connectivity index (χ1) is 5.86. The Labute approximate surface area is 77.6 Å². The first-order valence-corrected chi connectivity index (χ1v) is 4.06. The fourth-order valence-corrected chi connectivity index (χ4v) is 1.14. The molecule has 5 heteroatoms. The van der Waals surface area contributed by atoms with Crippen LogP contribution in [-0.4, -0.2) is 18.8 Å². The van der Waals surface area contributed by atoms with Gasteiger partial charge < -0.3 is 0 Å². The Morgan fingerprint density at radius 2 is 2.00 bits per heavy atom. The molecule has 0 atom stereocenters. The van der Waals surface area contributed by atoms with Gasteiger partial charge in [0.05, 0.1) is 16.1 Å². The van der Waals surface area contributed by atoms with E-state index in [0.717, 1.165) is 5.69 Å². The maximum Gasteiger partial charge on any atom is 0.180 e. The fraction of sp³-hybridized carbons (Fsp3) is 0. The molecular weight excluding hydrogens is 220 g/mol. The average molecular weight is 225 g/mol. The third-order valence-corrected chi connectivity index (χ3v) is 1.75. The van der Waals surface area contributed by atoms with Gasteiger partial charge in [0, 0.05) is 18.6 Å². The predicted octanol–water partition coefficient (Wildman–Crippen LogP) is 1.50. The molecule has 0 bridgehead atoms. The number of aromatic nitrogens is 4. The zero-order valence-corrected chi connectivity index (χ0v) is 7.64. The quantitative estimate of drug-likeness (QED) is 0.738. The van der Waals surface area contributed by atoms with E-state index in [1.165, 1.54) is 0 Å². The van der Waals surface area contributed by atoms with Crippen LogP contribution in [0.25, 0.3) is 11.5 Å². The minimum absolute atomic E-state index is 0.635. The monoisotopic (exact) mass is 224 g/mol. The van der Waals surface area contributed by atoms with Gasteiger partial charge in [-0.15, -0.1) is 0 Å². The third-order valence-electron chi connectivity index (χ3n) is 1.35. The third kappa shape index (κ3) is 1.35. The topological polar surface area (TPSA) is 43.6 Å². The van der Waals surface area contributed by atoms with Crippen molar-refractivity contribution in [3.63, 3.8) is 0 Å². The summed E-state index contributed by atoms with van der Waals surface area (Å²) in [4.78, 5) is 8.11. The maximum atomic E-state index is 4.09. The van der Waals surface area contributed by atoms with Gasteiger partial charge in [0.25, 0.3) is 0 Å². The molecule has 0 N–H and O–H groups in total. The van der Waals surface area contributed by atoms with Crippen molar-refractivity contribution in [3.05, 3.63) is 30.7 Å². The van der Waals surface area contributed by atoms with Crippen molar-refractivity contribution in [1.82, 2.24) is 18.8 Å². The van der Waals surface area contributed by atoms with Gasteiger partial charge >= 0.3 is 0 Å². The van der Waals surface area contributed by atoms with Crippen LogP contribution in [0.1, 0.15) is 0 Å². The maximum absolute atomic E-state index is 4.09. The molecular formula is C7H5BrN4. The van der Waals surface area contributed by atoms with Crippen molar-refractivity contribution in [2.45, 2.75) is 0 Å². The van der Waals surface area contributed by atoms with Gasteiger partial charge in [-0.3, -0.25) is 0 Å². The van der Waals surface area contributed by atoms with Crippen LogP contribution in [0.5, 0.6) is 0 Å². The molecule has 0 saturated carbocycles. The normalized spacial score (nSPS) is 10.1. The molecule has 0 radical (unpaired) electrons. The lowest BCUT2D eigenvalue weighted by molar-refractivity contribution is 1.02. The molecule has 0 aliphatic carbocycles. The zero-order chi connectivity index (χ0) is 8.39. The first kappa shape index (κ1) is 7.42. The highest BCUT2D eigenvalue weighted by molar-refractivity contribution is 9.08. The van der Waals surface area contributed by atoms with Crippen LogP contribution in [0.3, 0.4) is 0 Å². The summed E-state index contributed by atoms with van der Waals surface area (Å²) in [6.45, 7) is 0. The second kappa shape index (κ2) is 3.02. The summed E-state index contributed by atoms with van der Waals surface area (Å²) in [5, 5.41) is 4.09. The van der Waals surface area contributed by atoms with Gasteiger partial charge in [-0.25, -0.2) is 13.7 Å². The van der Waals surface area contributed by atoms with Crippen LogP contribution >= 0.6 is 16.1 Å². The summed E-state index contributed by atoms with van der Waals surface area (Å²) in [7, 11) is 0. The molecule has 2 heterocycles. The summed E-state index contributed by atoms with van der Waals surface area (Å²) < 4.78 is 1.54. The van der Waals surface area contributed by atoms with Gasteiger partial charge in [0.1, 0.15) is 5.69 Å². The van der Waals surface area contributed by atoms with Crippen LogP contribution in [0, 0.1) is 0 Å². The average Bonchev–Trinajstić information content (AvgIpc) is 2.54. The van der Waals surface area contributed by atoms with E-state index in [9.17, 15) is 0 Å². The summed E-state index contributed by atoms with van der Waals surface area (Å²) in [5.41, 5.74) is 0.757. The highest BCUT2D eigenvalue weighted by atomic mass is 79.9. The number of halogens is 1. The van der Waals surface area contributed by atoms with Crippen LogP contribution in [-0.2, 0) is 0 Å². The Morgan fingerprint density at radius 3 is 2.58 bits per heavy atom. The van der Waals surface area contributed by atoms with E-state index in [-0.39, 0.29) is 0 Å². The Morgan fingerprint density at radius 1 is 1.25 bits per heavy atom. The second-order valence-corrected chi connectivity index (χ2v) is 2.89. The summed E-state index contributed by atoms with van der Waals surface area (Å²) in [5.74, 6) is 0.635. The van der Waals surface area contributed by atoms with Crippen LogP contribution < -0.4 is 0 Å². The number of rotatable bonds is 1. The Hall–Kier alpha value is -1.23. The van der Waals surface area contributed by atoms with E-state index in [1.807, 2.05) is 6.07 Å². The standard InChI is InChI=1S/C7H5BrN4/c8-12-5-2-6(11-12)7-9-3-1-4-10-7/h1-5H. The molecule has 0 amide bonds. The minimum Gasteiger partial charge on any atom is -0.235 e. The lowest BCUT2D eigenvalue weighted by atomic mass is 10.4. The molecule has 0 unspecified atom stereocenters. The van der Waals surface area contributed by atoms with Crippen molar-refractivity contribution in [1.29, 1.82) is 0 Å². The first-order valence-electron chi connectivity index (χ1n) is 3.35. The molecule has 12 heavy (non-hydrogen) atoms. The predicted molar refractivity (Wildman–Crippen MR) is 47.6 cm³/mol. The Kier molecular flexibility index (Phi) is 1.87. The molecule has 0 aliphatic heterocycles. The Balaban J connectivity index is 2.45. The highest BCUT2D eigenvalue weighted by Gasteiger charge is 2.01. The summed E-state index contributed by atoms with van der Waals surface area (Å²) in [6, 6.07) is 3.61. The van der Waals surface area contributed by atoms with E-state index < -0.39 is 0 Å². The lowest BCUT2D eigenvalue weighted by Gasteiger charge is -1.90. The van der Waals surface area contributed by atoms with Gasteiger partial charge in [-0.1, -0.05) is 0 Å². The fourth-order valence-electron chi connectivity index (χ4n) is 0.852. The SMILES string of the molecule is Brn1ccc(-c2ncccn2)n1. The molecule has 4 nitrogen and oxygen atoms in total. The second-order valence-electron chi connectivity index (χ2n) is 2.16. The molecule has 60 valence electrons. The molecule has 0 aliphatic rings. The number of hydrogen-bond donors (Lipinski definition) is 0. The van der Waals surface area contributed by atoms with E-state index >= 15 is 0 Å². The highest BCUT2D eigenvalue weighted by Crippen LogP contribution is 2.10. The summed E-state index contributed by atoms with van der Waals surface area (Å²) in [6.07, 6.45) is 5.16. The Bertz CT molecular complexity index is 370. The van der Waals surface area contributed by atoms with Crippen molar-refractivity contribution >= 4 is 16.1 Å². The van der Waals surface area contributed by atoms with Crippen LogP contribution in [0.2, 0.25) is 0 Å². The van der Waals surface area contributed by atoms with Crippen molar-refractivity contribution in [2.75, 3.05) is 0 Å². The van der Waals surface area contributed by atoms with Crippen molar-refractivity contribution in [3.8, 4) is 11.5 Å². The number of hydrogen-bond acceptors (Lipinski definition) is 3. The molecule has 2 aromatic rings. The van der Waals surface area contributed by atoms with E-state index in [4.69, 9.17) is 0 Å². The van der Waals surface area contributed by atoms with Crippen LogP contribution in [0.4, 0.5) is 0 Å².